The minimum Gasteiger partial charge on any atom is -0.311 e. The first-order chi connectivity index (χ1) is 8.71. The van der Waals surface area contributed by atoms with Crippen LogP contribution in [0.4, 0.5) is 0 Å². The fourth-order valence-electron chi connectivity index (χ4n) is 2.96. The molecule has 1 N–H and O–H groups in total. The first-order valence-electron chi connectivity index (χ1n) is 8.16. The number of unbranched alkanes of at least 4 members (excludes halogenated alkanes) is 1. The molecular weight excluding hydrogens is 220 g/mol. The minimum absolute atomic E-state index is 0.715. The van der Waals surface area contributed by atoms with Crippen LogP contribution in [0.3, 0.4) is 0 Å². The van der Waals surface area contributed by atoms with Crippen LogP contribution in [0.5, 0.6) is 0 Å². The Hall–Kier alpha value is -0.0800. The van der Waals surface area contributed by atoms with E-state index in [0.29, 0.717) is 6.04 Å². The molecule has 108 valence electrons. The molecule has 0 spiro atoms. The summed E-state index contributed by atoms with van der Waals surface area (Å²) in [5, 5.41) is 3.69. The van der Waals surface area contributed by atoms with Gasteiger partial charge in [-0.05, 0) is 18.3 Å². The van der Waals surface area contributed by atoms with Crippen LogP contribution in [0.25, 0.3) is 0 Å². The zero-order valence-electron chi connectivity index (χ0n) is 13.0. The van der Waals surface area contributed by atoms with E-state index in [1.54, 1.807) is 0 Å². The largest absolute Gasteiger partial charge is 0.311 e. The van der Waals surface area contributed by atoms with Gasteiger partial charge in [-0.25, -0.2) is 0 Å². The van der Waals surface area contributed by atoms with Crippen LogP contribution in [0, 0.1) is 11.8 Å². The number of piperazine rings is 1. The summed E-state index contributed by atoms with van der Waals surface area (Å²) in [6.45, 7) is 14.4. The highest BCUT2D eigenvalue weighted by Crippen LogP contribution is 2.17. The molecule has 1 heterocycles. The van der Waals surface area contributed by atoms with E-state index in [9.17, 15) is 0 Å². The van der Waals surface area contributed by atoms with Crippen molar-refractivity contribution in [2.24, 2.45) is 11.8 Å². The van der Waals surface area contributed by atoms with Gasteiger partial charge in [-0.15, -0.1) is 0 Å². The molecule has 1 fully saturated rings. The predicted octanol–water partition coefficient (Wildman–Crippen LogP) is 3.52. The van der Waals surface area contributed by atoms with Gasteiger partial charge in [0.05, 0.1) is 0 Å². The number of rotatable bonds is 8. The van der Waals surface area contributed by atoms with Crippen molar-refractivity contribution >= 4 is 0 Å². The summed E-state index contributed by atoms with van der Waals surface area (Å²) in [7, 11) is 0. The van der Waals surface area contributed by atoms with E-state index in [0.717, 1.165) is 11.8 Å². The molecule has 0 saturated carbocycles. The highest BCUT2D eigenvalue weighted by atomic mass is 15.2. The van der Waals surface area contributed by atoms with Gasteiger partial charge in [-0.1, -0.05) is 53.4 Å². The second kappa shape index (κ2) is 8.92. The summed E-state index contributed by atoms with van der Waals surface area (Å²) in [5.41, 5.74) is 0. The number of hydrogen-bond donors (Lipinski definition) is 1. The lowest BCUT2D eigenvalue weighted by Gasteiger charge is -2.38. The van der Waals surface area contributed by atoms with Crippen molar-refractivity contribution in [2.45, 2.75) is 65.8 Å². The van der Waals surface area contributed by atoms with E-state index in [1.807, 2.05) is 0 Å². The third kappa shape index (κ3) is 5.27. The molecule has 2 nitrogen and oxygen atoms in total. The summed E-state index contributed by atoms with van der Waals surface area (Å²) in [4.78, 5) is 2.71. The topological polar surface area (TPSA) is 15.3 Å². The van der Waals surface area contributed by atoms with Crippen molar-refractivity contribution in [1.29, 1.82) is 0 Å². The molecule has 3 unspecified atom stereocenters. The van der Waals surface area contributed by atoms with E-state index in [4.69, 9.17) is 0 Å². The van der Waals surface area contributed by atoms with E-state index >= 15 is 0 Å². The standard InChI is InChI=1S/C16H34N2/c1-5-8-9-15(7-3)12-18-11-10-17-16(13-18)14(4)6-2/h14-17H,5-13H2,1-4H3. The number of hydrogen-bond acceptors (Lipinski definition) is 2. The summed E-state index contributed by atoms with van der Waals surface area (Å²) in [6, 6.07) is 0.715. The van der Waals surface area contributed by atoms with Crippen LogP contribution in [-0.4, -0.2) is 37.1 Å². The molecule has 1 aliphatic rings. The SMILES string of the molecule is CCCCC(CC)CN1CCNC(C(C)CC)C1. The average molecular weight is 254 g/mol. The Morgan fingerprint density at radius 2 is 2.00 bits per heavy atom. The van der Waals surface area contributed by atoms with Crippen molar-refractivity contribution in [3.05, 3.63) is 0 Å². The van der Waals surface area contributed by atoms with Gasteiger partial charge in [0.25, 0.3) is 0 Å². The molecule has 3 atom stereocenters. The zero-order valence-corrected chi connectivity index (χ0v) is 13.0. The number of nitrogens with zero attached hydrogens (tertiary/aromatic N) is 1. The van der Waals surface area contributed by atoms with Gasteiger partial charge in [-0.2, -0.15) is 0 Å². The lowest BCUT2D eigenvalue weighted by Crippen LogP contribution is -2.54. The van der Waals surface area contributed by atoms with Gasteiger partial charge in [0.2, 0.25) is 0 Å². The molecule has 0 radical (unpaired) electrons. The molecule has 0 aromatic carbocycles. The van der Waals surface area contributed by atoms with Crippen LogP contribution < -0.4 is 5.32 Å². The fourth-order valence-corrected chi connectivity index (χ4v) is 2.96. The normalized spacial score (nSPS) is 25.0. The van der Waals surface area contributed by atoms with E-state index in [2.05, 4.69) is 37.9 Å². The van der Waals surface area contributed by atoms with Gasteiger partial charge < -0.3 is 10.2 Å². The van der Waals surface area contributed by atoms with Crippen molar-refractivity contribution in [1.82, 2.24) is 10.2 Å². The fraction of sp³-hybridized carbons (Fsp3) is 1.00. The quantitative estimate of drug-likeness (QED) is 0.713. The van der Waals surface area contributed by atoms with E-state index < -0.39 is 0 Å². The first kappa shape index (κ1) is 16.0. The third-order valence-electron chi connectivity index (χ3n) is 4.68. The minimum atomic E-state index is 0.715. The third-order valence-corrected chi connectivity index (χ3v) is 4.68. The highest BCUT2D eigenvalue weighted by Gasteiger charge is 2.24. The Labute approximate surface area is 115 Å². The maximum Gasteiger partial charge on any atom is 0.0221 e. The Bertz CT molecular complexity index is 205. The molecule has 0 bridgehead atoms. The average Bonchev–Trinajstić information content (AvgIpc) is 2.42. The Morgan fingerprint density at radius 3 is 2.61 bits per heavy atom. The monoisotopic (exact) mass is 254 g/mol. The van der Waals surface area contributed by atoms with Crippen LogP contribution in [0.2, 0.25) is 0 Å². The molecule has 2 heteroatoms. The summed E-state index contributed by atoms with van der Waals surface area (Å²) >= 11 is 0. The molecule has 18 heavy (non-hydrogen) atoms. The first-order valence-corrected chi connectivity index (χ1v) is 8.16. The Kier molecular flexibility index (Phi) is 7.92. The van der Waals surface area contributed by atoms with Crippen LogP contribution in [0.1, 0.15) is 59.8 Å². The summed E-state index contributed by atoms with van der Waals surface area (Å²) < 4.78 is 0. The second-order valence-corrected chi connectivity index (χ2v) is 6.12. The van der Waals surface area contributed by atoms with Crippen molar-refractivity contribution < 1.29 is 0 Å². The molecule has 0 amide bonds. The van der Waals surface area contributed by atoms with Crippen molar-refractivity contribution in [3.63, 3.8) is 0 Å². The molecule has 1 saturated heterocycles. The maximum absolute atomic E-state index is 3.69. The lowest BCUT2D eigenvalue weighted by atomic mass is 9.95. The Morgan fingerprint density at radius 1 is 1.22 bits per heavy atom. The Balaban J connectivity index is 2.36. The predicted molar refractivity (Wildman–Crippen MR) is 81.0 cm³/mol. The van der Waals surface area contributed by atoms with Gasteiger partial charge in [0.1, 0.15) is 0 Å². The molecule has 1 rings (SSSR count). The van der Waals surface area contributed by atoms with Gasteiger partial charge in [-0.3, -0.25) is 0 Å². The van der Waals surface area contributed by atoms with Crippen molar-refractivity contribution in [3.8, 4) is 0 Å². The molecule has 1 aliphatic heterocycles. The van der Waals surface area contributed by atoms with Gasteiger partial charge in [0, 0.05) is 32.2 Å². The summed E-state index contributed by atoms with van der Waals surface area (Å²) in [6.07, 6.45) is 6.80. The number of nitrogens with one attached hydrogen (secondary N) is 1. The van der Waals surface area contributed by atoms with E-state index in [-0.39, 0.29) is 0 Å². The zero-order chi connectivity index (χ0) is 13.4. The molecular formula is C16H34N2. The van der Waals surface area contributed by atoms with Crippen molar-refractivity contribution in [2.75, 3.05) is 26.2 Å². The van der Waals surface area contributed by atoms with Crippen LogP contribution >= 0.6 is 0 Å². The van der Waals surface area contributed by atoms with Crippen LogP contribution in [0.15, 0.2) is 0 Å². The lowest BCUT2D eigenvalue weighted by molar-refractivity contribution is 0.143. The smallest absolute Gasteiger partial charge is 0.0221 e. The van der Waals surface area contributed by atoms with Crippen LogP contribution in [-0.2, 0) is 0 Å². The molecule has 0 aromatic heterocycles. The molecule has 0 aliphatic carbocycles. The molecule has 0 aromatic rings. The van der Waals surface area contributed by atoms with E-state index in [1.165, 1.54) is 58.3 Å². The van der Waals surface area contributed by atoms with Gasteiger partial charge >= 0.3 is 0 Å². The second-order valence-electron chi connectivity index (χ2n) is 6.12. The highest BCUT2D eigenvalue weighted by molar-refractivity contribution is 4.82. The summed E-state index contributed by atoms with van der Waals surface area (Å²) in [5.74, 6) is 1.73. The van der Waals surface area contributed by atoms with Gasteiger partial charge in [0.15, 0.2) is 0 Å². The maximum atomic E-state index is 3.69.